The number of likely N-dealkylation sites (tertiary alicyclic amines) is 1. The Kier molecular flexibility index (Phi) is 2.42. The minimum Gasteiger partial charge on any atom is -0.454 e. The minimum atomic E-state index is -0.265. The first kappa shape index (κ1) is 12.5. The highest BCUT2D eigenvalue weighted by Gasteiger charge is 2.48. The number of carbonyl (C=O) groups excluding carboxylic acids is 1. The maximum atomic E-state index is 12.3. The van der Waals surface area contributed by atoms with E-state index in [2.05, 4.69) is 24.1 Å². The van der Waals surface area contributed by atoms with Gasteiger partial charge in [0.2, 0.25) is 6.79 Å². The second-order valence-corrected chi connectivity index (χ2v) is 6.50. The molecule has 1 aromatic rings. The van der Waals surface area contributed by atoms with Crippen molar-refractivity contribution < 1.29 is 19.0 Å². The highest BCUT2D eigenvalue weighted by atomic mass is 16.7. The molecule has 1 aliphatic carbocycles. The van der Waals surface area contributed by atoms with Gasteiger partial charge in [0, 0.05) is 12.0 Å². The van der Waals surface area contributed by atoms with Crippen LogP contribution in [0, 0.1) is 5.92 Å². The van der Waals surface area contributed by atoms with Crippen molar-refractivity contribution >= 4 is 5.97 Å². The Hall–Kier alpha value is -2.01. The summed E-state index contributed by atoms with van der Waals surface area (Å²) in [5.74, 6) is 1.81. The summed E-state index contributed by atoms with van der Waals surface area (Å²) < 4.78 is 16.6. The Morgan fingerprint density at radius 2 is 2.00 bits per heavy atom. The van der Waals surface area contributed by atoms with E-state index in [1.165, 1.54) is 0 Å². The van der Waals surface area contributed by atoms with Crippen LogP contribution in [0.2, 0.25) is 0 Å². The third-order valence-electron chi connectivity index (χ3n) is 5.40. The molecule has 4 aliphatic rings. The van der Waals surface area contributed by atoms with Crippen molar-refractivity contribution in [3.8, 4) is 11.5 Å². The fourth-order valence-electron chi connectivity index (χ4n) is 4.39. The van der Waals surface area contributed by atoms with Gasteiger partial charge >= 0.3 is 5.97 Å². The van der Waals surface area contributed by atoms with Crippen LogP contribution in [-0.4, -0.2) is 43.4 Å². The zero-order valence-corrected chi connectivity index (χ0v) is 12.3. The van der Waals surface area contributed by atoms with Gasteiger partial charge in [0.25, 0.3) is 0 Å². The SMILES string of the molecule is CN1CCC2C=CC3OC(=O)c4cc5c(cc4C3C21)OCO5. The summed E-state index contributed by atoms with van der Waals surface area (Å²) in [7, 11) is 2.16. The normalized spacial score (nSPS) is 34.9. The number of benzene rings is 1. The molecule has 1 saturated heterocycles. The van der Waals surface area contributed by atoms with Crippen LogP contribution in [0.5, 0.6) is 11.5 Å². The number of likely N-dealkylation sites (N-methyl/N-ethyl adjacent to an activating group) is 1. The van der Waals surface area contributed by atoms with E-state index in [4.69, 9.17) is 14.2 Å². The molecule has 4 unspecified atom stereocenters. The van der Waals surface area contributed by atoms with Crippen molar-refractivity contribution in [2.45, 2.75) is 24.5 Å². The van der Waals surface area contributed by atoms with Gasteiger partial charge in [0.15, 0.2) is 11.5 Å². The lowest BCUT2D eigenvalue weighted by molar-refractivity contribution is 0.0177. The minimum absolute atomic E-state index is 0.171. The van der Waals surface area contributed by atoms with Crippen LogP contribution < -0.4 is 9.47 Å². The lowest BCUT2D eigenvalue weighted by Gasteiger charge is -2.42. The van der Waals surface area contributed by atoms with E-state index in [0.29, 0.717) is 23.3 Å². The van der Waals surface area contributed by atoms with E-state index in [1.54, 1.807) is 6.07 Å². The number of esters is 1. The zero-order valence-electron chi connectivity index (χ0n) is 12.3. The molecule has 0 aromatic heterocycles. The number of carbonyl (C=O) groups is 1. The van der Waals surface area contributed by atoms with Gasteiger partial charge in [0.1, 0.15) is 6.10 Å². The summed E-state index contributed by atoms with van der Waals surface area (Å²) in [6.45, 7) is 1.30. The molecule has 114 valence electrons. The van der Waals surface area contributed by atoms with E-state index in [-0.39, 0.29) is 24.8 Å². The fourth-order valence-corrected chi connectivity index (χ4v) is 4.39. The van der Waals surface area contributed by atoms with E-state index >= 15 is 0 Å². The Morgan fingerprint density at radius 1 is 1.18 bits per heavy atom. The Labute approximate surface area is 128 Å². The molecule has 0 spiro atoms. The molecule has 0 N–H and O–H groups in total. The van der Waals surface area contributed by atoms with Gasteiger partial charge in [-0.1, -0.05) is 6.08 Å². The van der Waals surface area contributed by atoms with Gasteiger partial charge in [0.05, 0.1) is 5.56 Å². The molecular weight excluding hydrogens is 282 g/mol. The summed E-state index contributed by atoms with van der Waals surface area (Å²) in [6, 6.07) is 4.14. The first-order valence-electron chi connectivity index (χ1n) is 7.75. The summed E-state index contributed by atoms with van der Waals surface area (Å²) in [4.78, 5) is 14.7. The Morgan fingerprint density at radius 3 is 2.86 bits per heavy atom. The monoisotopic (exact) mass is 299 g/mol. The molecule has 0 amide bonds. The molecule has 0 radical (unpaired) electrons. The second kappa shape index (κ2) is 4.26. The molecule has 4 atom stereocenters. The number of nitrogens with zero attached hydrogens (tertiary/aromatic N) is 1. The molecule has 22 heavy (non-hydrogen) atoms. The van der Waals surface area contributed by atoms with Crippen molar-refractivity contribution in [3.63, 3.8) is 0 Å². The van der Waals surface area contributed by atoms with Crippen LogP contribution in [-0.2, 0) is 4.74 Å². The smallest absolute Gasteiger partial charge is 0.339 e. The third-order valence-corrected chi connectivity index (χ3v) is 5.40. The van der Waals surface area contributed by atoms with Gasteiger partial charge in [-0.3, -0.25) is 0 Å². The van der Waals surface area contributed by atoms with Crippen molar-refractivity contribution in [1.82, 2.24) is 4.90 Å². The Balaban J connectivity index is 1.69. The maximum absolute atomic E-state index is 12.3. The van der Waals surface area contributed by atoms with Crippen molar-refractivity contribution in [3.05, 3.63) is 35.4 Å². The van der Waals surface area contributed by atoms with Gasteiger partial charge in [-0.25, -0.2) is 4.79 Å². The van der Waals surface area contributed by atoms with Crippen LogP contribution in [0.25, 0.3) is 0 Å². The van der Waals surface area contributed by atoms with Gasteiger partial charge in [-0.05, 0) is 49.7 Å². The highest BCUT2D eigenvalue weighted by Crippen LogP contribution is 2.48. The largest absolute Gasteiger partial charge is 0.454 e. The summed E-state index contributed by atoms with van der Waals surface area (Å²) in [6.07, 6.45) is 5.27. The van der Waals surface area contributed by atoms with Crippen LogP contribution in [0.1, 0.15) is 28.3 Å². The van der Waals surface area contributed by atoms with Crippen LogP contribution in [0.4, 0.5) is 0 Å². The van der Waals surface area contributed by atoms with E-state index in [1.807, 2.05) is 6.07 Å². The first-order chi connectivity index (χ1) is 10.7. The Bertz CT molecular complexity index is 698. The molecule has 0 saturated carbocycles. The molecule has 0 bridgehead atoms. The molecule has 1 fully saturated rings. The average Bonchev–Trinajstić information content (AvgIpc) is 3.12. The lowest BCUT2D eigenvalue weighted by Crippen LogP contribution is -2.46. The molecule has 1 aromatic carbocycles. The number of hydrogen-bond acceptors (Lipinski definition) is 5. The fraction of sp³-hybridized carbons (Fsp3) is 0.471. The van der Waals surface area contributed by atoms with Gasteiger partial charge < -0.3 is 19.1 Å². The van der Waals surface area contributed by atoms with Crippen molar-refractivity contribution in [2.24, 2.45) is 5.92 Å². The van der Waals surface area contributed by atoms with Crippen LogP contribution in [0.15, 0.2) is 24.3 Å². The maximum Gasteiger partial charge on any atom is 0.339 e. The van der Waals surface area contributed by atoms with Crippen LogP contribution >= 0.6 is 0 Å². The topological polar surface area (TPSA) is 48.0 Å². The average molecular weight is 299 g/mol. The molecule has 5 nitrogen and oxygen atoms in total. The lowest BCUT2D eigenvalue weighted by atomic mass is 9.74. The predicted octanol–water partition coefficient (Wildman–Crippen LogP) is 1.93. The van der Waals surface area contributed by atoms with Crippen molar-refractivity contribution in [1.29, 1.82) is 0 Å². The van der Waals surface area contributed by atoms with E-state index in [9.17, 15) is 4.79 Å². The zero-order chi connectivity index (χ0) is 14.8. The molecule has 5 rings (SSSR count). The number of hydrogen-bond donors (Lipinski definition) is 0. The van der Waals surface area contributed by atoms with Crippen molar-refractivity contribution in [2.75, 3.05) is 20.4 Å². The van der Waals surface area contributed by atoms with E-state index in [0.717, 1.165) is 24.3 Å². The third kappa shape index (κ3) is 1.54. The van der Waals surface area contributed by atoms with Gasteiger partial charge in [-0.15, -0.1) is 0 Å². The molecule has 5 heteroatoms. The summed E-state index contributed by atoms with van der Waals surface area (Å²) in [5.41, 5.74) is 1.67. The van der Waals surface area contributed by atoms with Gasteiger partial charge in [-0.2, -0.15) is 0 Å². The molecule has 3 aliphatic heterocycles. The first-order valence-corrected chi connectivity index (χ1v) is 7.75. The summed E-state index contributed by atoms with van der Waals surface area (Å²) in [5, 5.41) is 0. The predicted molar refractivity (Wildman–Crippen MR) is 78.2 cm³/mol. The van der Waals surface area contributed by atoms with Crippen LogP contribution in [0.3, 0.4) is 0 Å². The highest BCUT2D eigenvalue weighted by molar-refractivity contribution is 5.94. The quantitative estimate of drug-likeness (QED) is 0.541. The van der Waals surface area contributed by atoms with E-state index < -0.39 is 0 Å². The standard InChI is InChI=1S/C17H17NO4/c1-18-5-4-9-2-3-12-15(16(9)18)10-6-13-14(21-8-20-13)7-11(10)17(19)22-12/h2-3,6-7,9,12,15-16H,4-5,8H2,1H3. The number of fused-ring (bicyclic) bond motifs is 6. The molecular formula is C17H17NO4. The molecule has 3 heterocycles. The number of ether oxygens (including phenoxy) is 3. The summed E-state index contributed by atoms with van der Waals surface area (Å²) >= 11 is 0. The second-order valence-electron chi connectivity index (χ2n) is 6.50. The number of rotatable bonds is 0.